The molecular formula is C14H18F3N3O. The van der Waals surface area contributed by atoms with Gasteiger partial charge in [0.05, 0.1) is 16.9 Å². The Morgan fingerprint density at radius 3 is 2.38 bits per heavy atom. The van der Waals surface area contributed by atoms with Crippen LogP contribution in [0.1, 0.15) is 19.4 Å². The van der Waals surface area contributed by atoms with Gasteiger partial charge in [-0.15, -0.1) is 0 Å². The predicted octanol–water partition coefficient (Wildman–Crippen LogP) is 2.34. The summed E-state index contributed by atoms with van der Waals surface area (Å²) in [6, 6.07) is 3.23. The molecule has 0 radical (unpaired) electrons. The average molecular weight is 301 g/mol. The van der Waals surface area contributed by atoms with Gasteiger partial charge in [-0.3, -0.25) is 4.79 Å². The molecule has 4 nitrogen and oxygen atoms in total. The van der Waals surface area contributed by atoms with E-state index in [1.54, 1.807) is 30.7 Å². The fourth-order valence-corrected chi connectivity index (χ4v) is 2.61. The van der Waals surface area contributed by atoms with E-state index in [-0.39, 0.29) is 11.6 Å². The fraction of sp³-hybridized carbons (Fsp3) is 0.500. The molecule has 0 unspecified atom stereocenters. The number of nitrogens with two attached hydrogens (primary N) is 1. The molecule has 1 heterocycles. The number of carbonyl (C=O) groups excluding carboxylic acids is 1. The van der Waals surface area contributed by atoms with Crippen molar-refractivity contribution in [1.29, 1.82) is 0 Å². The van der Waals surface area contributed by atoms with E-state index >= 15 is 0 Å². The first-order chi connectivity index (χ1) is 9.55. The molecule has 1 fully saturated rings. The topological polar surface area (TPSA) is 49.6 Å². The van der Waals surface area contributed by atoms with Gasteiger partial charge in [-0.05, 0) is 32.0 Å². The normalized spacial score (nSPS) is 19.0. The highest BCUT2D eigenvalue weighted by Gasteiger charge is 2.41. The van der Waals surface area contributed by atoms with E-state index in [9.17, 15) is 18.0 Å². The van der Waals surface area contributed by atoms with E-state index in [1.807, 2.05) is 0 Å². The molecule has 0 saturated carbocycles. The maximum atomic E-state index is 12.7. The van der Waals surface area contributed by atoms with Gasteiger partial charge in [-0.25, -0.2) is 0 Å². The van der Waals surface area contributed by atoms with E-state index in [1.165, 1.54) is 6.07 Å². The number of benzene rings is 1. The summed E-state index contributed by atoms with van der Waals surface area (Å²) in [5, 5.41) is 0. The van der Waals surface area contributed by atoms with Crippen LogP contribution in [0.3, 0.4) is 0 Å². The lowest BCUT2D eigenvalue weighted by molar-refractivity contribution is -0.138. The number of halogens is 3. The van der Waals surface area contributed by atoms with Crippen LogP contribution < -0.4 is 10.6 Å². The number of piperazine rings is 1. The standard InChI is InChI=1S/C14H18F3N3O/c1-13(2)12(21)19(3)6-7-20(13)11-5-4-9(8-10(11)18)14(15,16)17/h4-5,8H,6-7,18H2,1-3H3. The fourth-order valence-electron chi connectivity index (χ4n) is 2.61. The zero-order valence-electron chi connectivity index (χ0n) is 12.2. The van der Waals surface area contributed by atoms with Crippen LogP contribution in [-0.2, 0) is 11.0 Å². The van der Waals surface area contributed by atoms with Crippen LogP contribution in [0, 0.1) is 0 Å². The Bertz CT molecular complexity index is 569. The number of carbonyl (C=O) groups is 1. The van der Waals surface area contributed by atoms with E-state index in [0.29, 0.717) is 18.8 Å². The molecule has 2 N–H and O–H groups in total. The summed E-state index contributed by atoms with van der Waals surface area (Å²) in [5.74, 6) is -0.0898. The van der Waals surface area contributed by atoms with Gasteiger partial charge in [0.25, 0.3) is 0 Å². The number of nitrogen functional groups attached to an aromatic ring is 1. The summed E-state index contributed by atoms with van der Waals surface area (Å²) in [4.78, 5) is 15.6. The number of alkyl halides is 3. The quantitative estimate of drug-likeness (QED) is 0.810. The minimum absolute atomic E-state index is 0.0234. The first kappa shape index (κ1) is 15.5. The van der Waals surface area contributed by atoms with E-state index in [2.05, 4.69) is 0 Å². The minimum Gasteiger partial charge on any atom is -0.397 e. The molecule has 1 amide bonds. The van der Waals surface area contributed by atoms with E-state index in [0.717, 1.165) is 12.1 Å². The number of hydrogen-bond donors (Lipinski definition) is 1. The second-order valence-electron chi connectivity index (χ2n) is 5.71. The van der Waals surface area contributed by atoms with Crippen molar-refractivity contribution in [3.63, 3.8) is 0 Å². The summed E-state index contributed by atoms with van der Waals surface area (Å²) in [5.41, 5.74) is 4.62. The molecule has 1 aromatic rings. The van der Waals surface area contributed by atoms with Crippen LogP contribution >= 0.6 is 0 Å². The van der Waals surface area contributed by atoms with Crippen molar-refractivity contribution in [1.82, 2.24) is 4.90 Å². The van der Waals surface area contributed by atoms with Crippen molar-refractivity contribution in [2.75, 3.05) is 30.8 Å². The summed E-state index contributed by atoms with van der Waals surface area (Å²) in [6.07, 6.45) is -4.43. The van der Waals surface area contributed by atoms with Crippen molar-refractivity contribution in [3.05, 3.63) is 23.8 Å². The molecule has 7 heteroatoms. The third-order valence-electron chi connectivity index (χ3n) is 3.85. The Labute approximate surface area is 121 Å². The lowest BCUT2D eigenvalue weighted by Gasteiger charge is -2.46. The lowest BCUT2D eigenvalue weighted by Crippen LogP contribution is -2.62. The van der Waals surface area contributed by atoms with Crippen molar-refractivity contribution in [2.24, 2.45) is 0 Å². The molecule has 116 valence electrons. The molecule has 0 spiro atoms. The Balaban J connectivity index is 2.41. The van der Waals surface area contributed by atoms with Gasteiger partial charge < -0.3 is 15.5 Å². The van der Waals surface area contributed by atoms with Gasteiger partial charge in [0.15, 0.2) is 0 Å². The number of rotatable bonds is 1. The Hall–Kier alpha value is -1.92. The van der Waals surface area contributed by atoms with Crippen LogP contribution in [0.4, 0.5) is 24.5 Å². The molecule has 1 saturated heterocycles. The third-order valence-corrected chi connectivity index (χ3v) is 3.85. The van der Waals surface area contributed by atoms with Gasteiger partial charge >= 0.3 is 6.18 Å². The molecule has 0 aromatic heterocycles. The zero-order valence-corrected chi connectivity index (χ0v) is 12.2. The van der Waals surface area contributed by atoms with Crippen LogP contribution in [-0.4, -0.2) is 36.5 Å². The molecule has 21 heavy (non-hydrogen) atoms. The van der Waals surface area contributed by atoms with Gasteiger partial charge in [0, 0.05) is 20.1 Å². The smallest absolute Gasteiger partial charge is 0.397 e. The summed E-state index contributed by atoms with van der Waals surface area (Å²) < 4.78 is 38.0. The molecule has 1 aliphatic rings. The summed E-state index contributed by atoms with van der Waals surface area (Å²) in [6.45, 7) is 4.50. The number of anilines is 2. The molecule has 1 aliphatic heterocycles. The number of amides is 1. The number of hydrogen-bond acceptors (Lipinski definition) is 3. The second-order valence-corrected chi connectivity index (χ2v) is 5.71. The highest BCUT2D eigenvalue weighted by atomic mass is 19.4. The molecule has 0 aliphatic carbocycles. The minimum atomic E-state index is -4.43. The van der Waals surface area contributed by atoms with E-state index in [4.69, 9.17) is 5.73 Å². The molecule has 0 atom stereocenters. The van der Waals surface area contributed by atoms with Gasteiger partial charge in [-0.1, -0.05) is 0 Å². The average Bonchev–Trinajstić information content (AvgIpc) is 2.36. The maximum absolute atomic E-state index is 12.7. The van der Waals surface area contributed by atoms with Crippen molar-refractivity contribution in [3.8, 4) is 0 Å². The number of nitrogens with zero attached hydrogens (tertiary/aromatic N) is 2. The van der Waals surface area contributed by atoms with Gasteiger partial charge in [0.2, 0.25) is 5.91 Å². The third kappa shape index (κ3) is 2.64. The molecule has 0 bridgehead atoms. The van der Waals surface area contributed by atoms with E-state index < -0.39 is 17.3 Å². The van der Waals surface area contributed by atoms with Crippen LogP contribution in [0.25, 0.3) is 0 Å². The monoisotopic (exact) mass is 301 g/mol. The van der Waals surface area contributed by atoms with Crippen molar-refractivity contribution < 1.29 is 18.0 Å². The van der Waals surface area contributed by atoms with Crippen molar-refractivity contribution in [2.45, 2.75) is 25.6 Å². The number of likely N-dealkylation sites (N-methyl/N-ethyl adjacent to an activating group) is 1. The summed E-state index contributed by atoms with van der Waals surface area (Å²) in [7, 11) is 1.71. The van der Waals surface area contributed by atoms with Crippen molar-refractivity contribution >= 4 is 17.3 Å². The molecular weight excluding hydrogens is 283 g/mol. The van der Waals surface area contributed by atoms with Crippen LogP contribution in [0.15, 0.2) is 18.2 Å². The maximum Gasteiger partial charge on any atom is 0.416 e. The van der Waals surface area contributed by atoms with Gasteiger partial charge in [-0.2, -0.15) is 13.2 Å². The molecule has 2 rings (SSSR count). The molecule has 1 aromatic carbocycles. The lowest BCUT2D eigenvalue weighted by atomic mass is 9.96. The Kier molecular flexibility index (Phi) is 3.55. The Morgan fingerprint density at radius 1 is 1.24 bits per heavy atom. The zero-order chi connectivity index (χ0) is 16.0. The predicted molar refractivity (Wildman–Crippen MR) is 74.9 cm³/mol. The highest BCUT2D eigenvalue weighted by molar-refractivity contribution is 5.91. The van der Waals surface area contributed by atoms with Gasteiger partial charge in [0.1, 0.15) is 5.54 Å². The first-order valence-corrected chi connectivity index (χ1v) is 6.55. The van der Waals surface area contributed by atoms with Crippen LogP contribution in [0.2, 0.25) is 0 Å². The van der Waals surface area contributed by atoms with Crippen LogP contribution in [0.5, 0.6) is 0 Å². The highest BCUT2D eigenvalue weighted by Crippen LogP contribution is 2.37. The summed E-state index contributed by atoms with van der Waals surface area (Å²) >= 11 is 0. The largest absolute Gasteiger partial charge is 0.416 e. The second kappa shape index (κ2) is 4.82. The Morgan fingerprint density at radius 2 is 1.86 bits per heavy atom. The first-order valence-electron chi connectivity index (χ1n) is 6.55. The SMILES string of the molecule is CN1CCN(c2ccc(C(F)(F)F)cc2N)C(C)(C)C1=O.